The highest BCUT2D eigenvalue weighted by atomic mass is 16.5. The molecule has 3 amide bonds. The van der Waals surface area contributed by atoms with Crippen LogP contribution in [0.15, 0.2) is 30.4 Å². The minimum Gasteiger partial charge on any atom is -0.385 e. The molecule has 0 unspecified atom stereocenters. The van der Waals surface area contributed by atoms with Crippen LogP contribution in [0.5, 0.6) is 0 Å². The first-order valence-corrected chi connectivity index (χ1v) is 14.0. The van der Waals surface area contributed by atoms with Gasteiger partial charge < -0.3 is 25.0 Å². The molecule has 38 heavy (non-hydrogen) atoms. The number of amides is 3. The quantitative estimate of drug-likeness (QED) is 0.402. The lowest BCUT2D eigenvalue weighted by Crippen LogP contribution is -2.58. The van der Waals surface area contributed by atoms with E-state index in [1.54, 1.807) is 12.0 Å². The number of aryl methyl sites for hydroxylation is 2. The molecular weight excluding hydrogens is 482 g/mol. The Balaban J connectivity index is 1.42. The third-order valence-electron chi connectivity index (χ3n) is 9.48. The second kappa shape index (κ2) is 10.5. The first-order valence-electron chi connectivity index (χ1n) is 14.0. The van der Waals surface area contributed by atoms with Crippen LogP contribution < -0.4 is 10.6 Å². The van der Waals surface area contributed by atoms with Gasteiger partial charge in [0.25, 0.3) is 0 Å². The average molecular weight is 524 g/mol. The van der Waals surface area contributed by atoms with Crippen molar-refractivity contribution in [1.29, 1.82) is 0 Å². The Morgan fingerprint density at radius 3 is 2.68 bits per heavy atom. The van der Waals surface area contributed by atoms with E-state index in [2.05, 4.69) is 24.5 Å². The highest BCUT2D eigenvalue weighted by Crippen LogP contribution is 2.55. The van der Waals surface area contributed by atoms with Gasteiger partial charge >= 0.3 is 0 Å². The molecule has 5 rings (SSSR count). The molecule has 2 saturated heterocycles. The van der Waals surface area contributed by atoms with Gasteiger partial charge in [0.2, 0.25) is 17.7 Å². The van der Waals surface area contributed by atoms with Crippen LogP contribution in [0.3, 0.4) is 0 Å². The smallest absolute Gasteiger partial charge is 0.246 e. The molecule has 3 fully saturated rings. The number of carbonyl (C=O) groups is 3. The molecule has 3 aliphatic heterocycles. The van der Waals surface area contributed by atoms with E-state index >= 15 is 0 Å². The molecule has 2 N–H and O–H groups in total. The van der Waals surface area contributed by atoms with Crippen LogP contribution in [0.4, 0.5) is 5.69 Å². The van der Waals surface area contributed by atoms with Crippen molar-refractivity contribution in [3.8, 4) is 0 Å². The van der Waals surface area contributed by atoms with Crippen LogP contribution in [0.25, 0.3) is 0 Å². The fraction of sp³-hybridized carbons (Fsp3) is 0.633. The van der Waals surface area contributed by atoms with E-state index in [9.17, 15) is 14.4 Å². The van der Waals surface area contributed by atoms with Crippen LogP contribution in [-0.2, 0) is 23.9 Å². The van der Waals surface area contributed by atoms with Crippen molar-refractivity contribution >= 4 is 23.4 Å². The summed E-state index contributed by atoms with van der Waals surface area (Å²) >= 11 is 0. The zero-order valence-corrected chi connectivity index (χ0v) is 23.2. The van der Waals surface area contributed by atoms with Gasteiger partial charge in [0.05, 0.1) is 17.9 Å². The number of likely N-dealkylation sites (tertiary alicyclic amines) is 1. The van der Waals surface area contributed by atoms with Gasteiger partial charge in [-0.2, -0.15) is 0 Å². The van der Waals surface area contributed by atoms with Crippen molar-refractivity contribution < 1.29 is 23.9 Å². The van der Waals surface area contributed by atoms with Gasteiger partial charge in [0, 0.05) is 32.0 Å². The Morgan fingerprint density at radius 2 is 1.95 bits per heavy atom. The van der Waals surface area contributed by atoms with E-state index in [4.69, 9.17) is 9.47 Å². The van der Waals surface area contributed by atoms with E-state index < -0.39 is 29.6 Å². The Labute approximate surface area is 225 Å². The van der Waals surface area contributed by atoms with Crippen molar-refractivity contribution in [2.24, 2.45) is 23.7 Å². The van der Waals surface area contributed by atoms with Crippen LogP contribution in [0.1, 0.15) is 50.7 Å². The molecule has 3 heterocycles. The van der Waals surface area contributed by atoms with Crippen molar-refractivity contribution in [3.05, 3.63) is 41.5 Å². The Bertz CT molecular complexity index is 1130. The number of anilines is 1. The van der Waals surface area contributed by atoms with E-state index in [-0.39, 0.29) is 23.8 Å². The first-order chi connectivity index (χ1) is 18.2. The maximum absolute atomic E-state index is 14.0. The molecule has 2 bridgehead atoms. The number of hydrogen-bond donors (Lipinski definition) is 2. The molecule has 1 saturated carbocycles. The Morgan fingerprint density at radius 1 is 1.16 bits per heavy atom. The summed E-state index contributed by atoms with van der Waals surface area (Å²) in [6.45, 7) is 9.29. The minimum atomic E-state index is -1.15. The number of carbonyl (C=O) groups excluding carboxylic acids is 3. The fourth-order valence-corrected chi connectivity index (χ4v) is 6.98. The molecule has 1 aromatic carbocycles. The predicted molar refractivity (Wildman–Crippen MR) is 144 cm³/mol. The Kier molecular flexibility index (Phi) is 7.40. The van der Waals surface area contributed by atoms with Crippen molar-refractivity contribution in [3.63, 3.8) is 0 Å². The SMILES string of the molecule is COCCCN1C(=O)[C@H]2[C@H](C(=O)Nc3ccc(C)c(C)c3)[C@H]3C=C[C@@]2(O3)[C@@H]1C(=O)N[C@@H]1CCC[C@H](C)[C@@H]1C. The van der Waals surface area contributed by atoms with Gasteiger partial charge in [-0.15, -0.1) is 0 Å². The number of nitrogens with one attached hydrogen (secondary N) is 2. The third-order valence-corrected chi connectivity index (χ3v) is 9.48. The number of rotatable bonds is 8. The third kappa shape index (κ3) is 4.45. The molecule has 4 aliphatic rings. The second-order valence-corrected chi connectivity index (χ2v) is 11.7. The van der Waals surface area contributed by atoms with Gasteiger partial charge in [0.1, 0.15) is 11.6 Å². The number of benzene rings is 1. The van der Waals surface area contributed by atoms with Crippen molar-refractivity contribution in [2.75, 3.05) is 25.6 Å². The maximum atomic E-state index is 14.0. The summed E-state index contributed by atoms with van der Waals surface area (Å²) < 4.78 is 11.7. The summed E-state index contributed by atoms with van der Waals surface area (Å²) in [5, 5.41) is 6.30. The summed E-state index contributed by atoms with van der Waals surface area (Å²) in [4.78, 5) is 43.2. The fourth-order valence-electron chi connectivity index (χ4n) is 6.98. The number of methoxy groups -OCH3 is 1. The summed E-state index contributed by atoms with van der Waals surface area (Å²) in [7, 11) is 1.62. The lowest BCUT2D eigenvalue weighted by atomic mass is 9.73. The second-order valence-electron chi connectivity index (χ2n) is 11.7. The lowest BCUT2D eigenvalue weighted by molar-refractivity contribution is -0.141. The number of ether oxygens (including phenoxy) is 2. The highest BCUT2D eigenvalue weighted by molar-refractivity contribution is 6.02. The van der Waals surface area contributed by atoms with E-state index in [0.717, 1.165) is 30.4 Å². The van der Waals surface area contributed by atoms with Gasteiger partial charge in [-0.1, -0.05) is 44.9 Å². The predicted octanol–water partition coefficient (Wildman–Crippen LogP) is 3.37. The monoisotopic (exact) mass is 523 g/mol. The number of nitrogens with zero attached hydrogens (tertiary/aromatic N) is 1. The summed E-state index contributed by atoms with van der Waals surface area (Å²) in [5.74, 6) is -1.21. The molecule has 1 aromatic rings. The highest BCUT2D eigenvalue weighted by Gasteiger charge is 2.72. The number of fused-ring (bicyclic) bond motifs is 1. The van der Waals surface area contributed by atoms with Crippen molar-refractivity contribution in [1.82, 2.24) is 10.2 Å². The summed E-state index contributed by atoms with van der Waals surface area (Å²) in [6, 6.07) is 5.01. The molecule has 8 atom stereocenters. The van der Waals surface area contributed by atoms with E-state index in [1.807, 2.05) is 44.2 Å². The van der Waals surface area contributed by atoms with Crippen molar-refractivity contribution in [2.45, 2.75) is 77.2 Å². The molecule has 8 heteroatoms. The van der Waals surface area contributed by atoms with E-state index in [1.165, 1.54) is 0 Å². The Hall–Kier alpha value is -2.71. The van der Waals surface area contributed by atoms with Gasteiger partial charge in [-0.3, -0.25) is 14.4 Å². The lowest BCUT2D eigenvalue weighted by Gasteiger charge is -2.38. The van der Waals surface area contributed by atoms with Gasteiger partial charge in [-0.25, -0.2) is 0 Å². The van der Waals surface area contributed by atoms with Gasteiger partial charge in [-0.05, 0) is 61.8 Å². The molecule has 0 aromatic heterocycles. The molecule has 1 aliphatic carbocycles. The molecule has 0 radical (unpaired) electrons. The largest absolute Gasteiger partial charge is 0.385 e. The maximum Gasteiger partial charge on any atom is 0.246 e. The van der Waals surface area contributed by atoms with Gasteiger partial charge in [0.15, 0.2) is 0 Å². The molecule has 8 nitrogen and oxygen atoms in total. The zero-order chi connectivity index (χ0) is 27.2. The van der Waals surface area contributed by atoms with Crippen LogP contribution >= 0.6 is 0 Å². The molecule has 1 spiro atoms. The zero-order valence-electron chi connectivity index (χ0n) is 23.2. The number of hydrogen-bond acceptors (Lipinski definition) is 5. The minimum absolute atomic E-state index is 0.0593. The summed E-state index contributed by atoms with van der Waals surface area (Å²) in [6.07, 6.45) is 6.95. The average Bonchev–Trinajstić information content (AvgIpc) is 3.52. The molecule has 206 valence electrons. The normalized spacial score (nSPS) is 35.4. The standard InChI is InChI=1S/C30H41N3O5/c1-17-10-11-21(16-19(17)3)31-27(34)24-23-12-13-30(38-23)25(24)29(36)33(14-7-15-37-5)26(30)28(35)32-22-9-6-8-18(2)20(22)4/h10-13,16,18,20,22-26H,6-9,14-15H2,1-5H3,(H,31,34)(H,32,35)/t18-,20-,22+,23+,24+,25+,26-,30-/m0/s1. The topological polar surface area (TPSA) is 97.0 Å². The van der Waals surface area contributed by atoms with Crippen LogP contribution in [0, 0.1) is 37.5 Å². The van der Waals surface area contributed by atoms with Crippen LogP contribution in [-0.4, -0.2) is 66.7 Å². The van der Waals surface area contributed by atoms with Crippen LogP contribution in [0.2, 0.25) is 0 Å². The van der Waals surface area contributed by atoms with E-state index in [0.29, 0.717) is 37.1 Å². The molecular formula is C30H41N3O5. The summed E-state index contributed by atoms with van der Waals surface area (Å²) in [5.41, 5.74) is 1.76. The first kappa shape index (κ1) is 26.9.